The van der Waals surface area contributed by atoms with Crippen molar-refractivity contribution in [2.24, 2.45) is 0 Å². The van der Waals surface area contributed by atoms with Gasteiger partial charge in [0.1, 0.15) is 5.65 Å². The number of amides is 1. The molecule has 5 heteroatoms. The van der Waals surface area contributed by atoms with Gasteiger partial charge in [-0.1, -0.05) is 6.07 Å². The second kappa shape index (κ2) is 5.10. The topological polar surface area (TPSA) is 70.2 Å². The molecule has 0 aliphatic carbocycles. The maximum Gasteiger partial charge on any atom is 0.255 e. The van der Waals surface area contributed by atoms with Crippen LogP contribution in [-0.4, -0.2) is 15.3 Å². The Bertz CT molecular complexity index is 873. The number of rotatable bonds is 2. The number of carbonyl (C=O) groups excluding carboxylic acids is 1. The van der Waals surface area contributed by atoms with E-state index in [-0.39, 0.29) is 5.91 Å². The molecular formula is C16H12N4O. The summed E-state index contributed by atoms with van der Waals surface area (Å²) in [6, 6.07) is 12.3. The third-order valence-corrected chi connectivity index (χ3v) is 3.32. The summed E-state index contributed by atoms with van der Waals surface area (Å²) in [5.74, 6) is -0.241. The van der Waals surface area contributed by atoms with Gasteiger partial charge >= 0.3 is 0 Å². The number of imidazole rings is 1. The molecule has 2 heterocycles. The van der Waals surface area contributed by atoms with Crippen molar-refractivity contribution in [3.05, 3.63) is 65.6 Å². The molecule has 0 fully saturated rings. The zero-order valence-corrected chi connectivity index (χ0v) is 11.4. The summed E-state index contributed by atoms with van der Waals surface area (Å²) in [6.07, 6.45) is 3.56. The van der Waals surface area contributed by atoms with Crippen LogP contribution in [0.25, 0.3) is 5.65 Å². The fourth-order valence-corrected chi connectivity index (χ4v) is 2.19. The molecule has 0 unspecified atom stereocenters. The highest BCUT2D eigenvalue weighted by atomic mass is 16.1. The molecule has 1 aromatic carbocycles. The van der Waals surface area contributed by atoms with Gasteiger partial charge < -0.3 is 9.72 Å². The zero-order valence-electron chi connectivity index (χ0n) is 11.4. The zero-order chi connectivity index (χ0) is 14.8. The Labute approximate surface area is 121 Å². The lowest BCUT2D eigenvalue weighted by Crippen LogP contribution is -2.13. The predicted octanol–water partition coefficient (Wildman–Crippen LogP) is 2.77. The first kappa shape index (κ1) is 12.9. The van der Waals surface area contributed by atoms with Gasteiger partial charge in [-0.3, -0.25) is 4.79 Å². The maximum atomic E-state index is 12.3. The van der Waals surface area contributed by atoms with E-state index in [0.29, 0.717) is 16.8 Å². The van der Waals surface area contributed by atoms with Gasteiger partial charge in [0.25, 0.3) is 5.91 Å². The number of carbonyl (C=O) groups is 1. The van der Waals surface area contributed by atoms with Crippen molar-refractivity contribution < 1.29 is 4.79 Å². The Morgan fingerprint density at radius 3 is 3.00 bits per heavy atom. The van der Waals surface area contributed by atoms with Crippen LogP contribution in [0, 0.1) is 18.3 Å². The number of benzene rings is 1. The van der Waals surface area contributed by atoms with Crippen molar-refractivity contribution in [3.63, 3.8) is 0 Å². The van der Waals surface area contributed by atoms with Crippen molar-refractivity contribution >= 4 is 17.2 Å². The van der Waals surface area contributed by atoms with Crippen LogP contribution in [0.4, 0.5) is 5.69 Å². The van der Waals surface area contributed by atoms with Crippen LogP contribution in [0.1, 0.15) is 21.6 Å². The number of nitrogens with one attached hydrogen (secondary N) is 1. The summed E-state index contributed by atoms with van der Waals surface area (Å²) < 4.78 is 1.90. The van der Waals surface area contributed by atoms with E-state index in [9.17, 15) is 4.79 Å². The minimum atomic E-state index is -0.241. The van der Waals surface area contributed by atoms with Crippen LogP contribution >= 0.6 is 0 Å². The molecule has 0 atom stereocenters. The summed E-state index contributed by atoms with van der Waals surface area (Å²) in [7, 11) is 0. The largest absolute Gasteiger partial charge is 0.320 e. The Morgan fingerprint density at radius 2 is 2.19 bits per heavy atom. The number of hydrogen-bond donors (Lipinski definition) is 1. The van der Waals surface area contributed by atoms with E-state index in [0.717, 1.165) is 11.3 Å². The molecular weight excluding hydrogens is 264 g/mol. The molecule has 0 radical (unpaired) electrons. The molecule has 0 bridgehead atoms. The Kier molecular flexibility index (Phi) is 3.13. The Hall–Kier alpha value is -3.13. The molecule has 0 spiro atoms. The van der Waals surface area contributed by atoms with E-state index >= 15 is 0 Å². The molecule has 0 aliphatic rings. The summed E-state index contributed by atoms with van der Waals surface area (Å²) in [4.78, 5) is 16.5. The summed E-state index contributed by atoms with van der Waals surface area (Å²) in [6.45, 7) is 1.91. The van der Waals surface area contributed by atoms with Gasteiger partial charge in [-0.2, -0.15) is 5.26 Å². The fourth-order valence-electron chi connectivity index (χ4n) is 2.19. The van der Waals surface area contributed by atoms with Crippen molar-refractivity contribution in [2.45, 2.75) is 6.92 Å². The molecule has 21 heavy (non-hydrogen) atoms. The highest BCUT2D eigenvalue weighted by molar-refractivity contribution is 6.04. The number of pyridine rings is 1. The highest BCUT2D eigenvalue weighted by Gasteiger charge is 2.10. The first-order valence-corrected chi connectivity index (χ1v) is 6.43. The normalized spacial score (nSPS) is 10.3. The number of aromatic nitrogens is 2. The van der Waals surface area contributed by atoms with Crippen molar-refractivity contribution in [3.8, 4) is 6.07 Å². The number of anilines is 1. The quantitative estimate of drug-likeness (QED) is 0.782. The standard InChI is InChI=1S/C16H12N4O/c1-11-14(5-6-15-18-7-8-20(11)15)19-16(21)13-4-2-3-12(9-13)10-17/h2-9H,1H3,(H,19,21). The number of fused-ring (bicyclic) bond motifs is 1. The lowest BCUT2D eigenvalue weighted by molar-refractivity contribution is 0.102. The van der Waals surface area contributed by atoms with Crippen LogP contribution in [0.2, 0.25) is 0 Å². The van der Waals surface area contributed by atoms with Crippen LogP contribution in [0.15, 0.2) is 48.8 Å². The molecule has 0 aliphatic heterocycles. The Morgan fingerprint density at radius 1 is 1.33 bits per heavy atom. The van der Waals surface area contributed by atoms with Gasteiger partial charge in [-0.25, -0.2) is 4.98 Å². The third-order valence-electron chi connectivity index (χ3n) is 3.32. The number of hydrogen-bond acceptors (Lipinski definition) is 3. The third kappa shape index (κ3) is 2.35. The molecule has 3 aromatic rings. The molecule has 0 saturated carbocycles. The lowest BCUT2D eigenvalue weighted by Gasteiger charge is -2.10. The average Bonchev–Trinajstić information content (AvgIpc) is 2.99. The number of nitriles is 1. The van der Waals surface area contributed by atoms with Crippen LogP contribution < -0.4 is 5.32 Å². The summed E-state index contributed by atoms with van der Waals surface area (Å²) in [5, 5.41) is 11.7. The van der Waals surface area contributed by atoms with Crippen molar-refractivity contribution in [2.75, 3.05) is 5.32 Å². The minimum Gasteiger partial charge on any atom is -0.320 e. The number of aryl methyl sites for hydroxylation is 1. The van der Waals surface area contributed by atoms with E-state index < -0.39 is 0 Å². The molecule has 102 valence electrons. The first-order chi connectivity index (χ1) is 10.2. The average molecular weight is 276 g/mol. The van der Waals surface area contributed by atoms with E-state index in [2.05, 4.69) is 10.3 Å². The van der Waals surface area contributed by atoms with Gasteiger partial charge in [-0.05, 0) is 37.3 Å². The second-order valence-corrected chi connectivity index (χ2v) is 4.63. The molecule has 1 N–H and O–H groups in total. The van der Waals surface area contributed by atoms with E-state index in [1.807, 2.05) is 35.7 Å². The van der Waals surface area contributed by atoms with Gasteiger partial charge in [-0.15, -0.1) is 0 Å². The molecule has 2 aromatic heterocycles. The molecule has 1 amide bonds. The predicted molar refractivity (Wildman–Crippen MR) is 79.0 cm³/mol. The smallest absolute Gasteiger partial charge is 0.255 e. The minimum absolute atomic E-state index is 0.241. The van der Waals surface area contributed by atoms with Crippen molar-refractivity contribution in [1.82, 2.24) is 9.38 Å². The van der Waals surface area contributed by atoms with Crippen LogP contribution in [-0.2, 0) is 0 Å². The van der Waals surface area contributed by atoms with Gasteiger partial charge in [0.2, 0.25) is 0 Å². The molecule has 3 rings (SSSR count). The summed E-state index contributed by atoms with van der Waals surface area (Å²) in [5.41, 5.74) is 3.36. The Balaban J connectivity index is 1.92. The first-order valence-electron chi connectivity index (χ1n) is 6.43. The number of nitrogens with zero attached hydrogens (tertiary/aromatic N) is 3. The maximum absolute atomic E-state index is 12.3. The van der Waals surface area contributed by atoms with E-state index in [1.54, 1.807) is 30.5 Å². The van der Waals surface area contributed by atoms with Crippen LogP contribution in [0.5, 0.6) is 0 Å². The van der Waals surface area contributed by atoms with Crippen LogP contribution in [0.3, 0.4) is 0 Å². The van der Waals surface area contributed by atoms with E-state index in [1.165, 1.54) is 0 Å². The highest BCUT2D eigenvalue weighted by Crippen LogP contribution is 2.17. The van der Waals surface area contributed by atoms with Crippen molar-refractivity contribution in [1.29, 1.82) is 5.26 Å². The SMILES string of the molecule is Cc1c(NC(=O)c2cccc(C#N)c2)ccc2nccn12. The lowest BCUT2D eigenvalue weighted by atomic mass is 10.1. The monoisotopic (exact) mass is 276 g/mol. The molecule has 5 nitrogen and oxygen atoms in total. The summed E-state index contributed by atoms with van der Waals surface area (Å²) >= 11 is 0. The van der Waals surface area contributed by atoms with E-state index in [4.69, 9.17) is 5.26 Å². The van der Waals surface area contributed by atoms with Gasteiger partial charge in [0.15, 0.2) is 0 Å². The van der Waals surface area contributed by atoms with Gasteiger partial charge in [0, 0.05) is 23.7 Å². The van der Waals surface area contributed by atoms with Gasteiger partial charge in [0.05, 0.1) is 17.3 Å². The molecule has 0 saturated heterocycles. The second-order valence-electron chi connectivity index (χ2n) is 4.63. The fraction of sp³-hybridized carbons (Fsp3) is 0.0625.